The molecule has 8 nitrogen and oxygen atoms in total. The topological polar surface area (TPSA) is 89.2 Å². The van der Waals surface area contributed by atoms with E-state index < -0.39 is 0 Å². The summed E-state index contributed by atoms with van der Waals surface area (Å²) < 4.78 is 0. The third-order valence-electron chi connectivity index (χ3n) is 6.19. The molecule has 2 fully saturated rings. The number of benzene rings is 1. The van der Waals surface area contributed by atoms with E-state index in [-0.39, 0.29) is 18.5 Å². The molecule has 5 rings (SSSR count). The first kappa shape index (κ1) is 19.7. The van der Waals surface area contributed by atoms with Crippen LogP contribution in [0.15, 0.2) is 42.9 Å². The predicted molar refractivity (Wildman–Crippen MR) is 124 cm³/mol. The Morgan fingerprint density at radius 3 is 2.87 bits per heavy atom. The van der Waals surface area contributed by atoms with Crippen LogP contribution in [0.2, 0.25) is 0 Å². The fourth-order valence-corrected chi connectivity index (χ4v) is 4.65. The van der Waals surface area contributed by atoms with Crippen LogP contribution >= 0.6 is 0 Å². The van der Waals surface area contributed by atoms with E-state index >= 15 is 0 Å². The Bertz CT molecular complexity index is 1040. The summed E-state index contributed by atoms with van der Waals surface area (Å²) in [5.74, 6) is 0.954. The molecule has 1 aromatic carbocycles. The smallest absolute Gasteiger partial charge is 0.239 e. The molecule has 0 spiro atoms. The highest BCUT2D eigenvalue weighted by Crippen LogP contribution is 2.25. The molecular formula is C23H29N7O. The SMILES string of the molecule is O=C(CNc1cccc(N2CCCC2)c1)N[C@@H]1CCCN(c2ncnc3[nH]ccc23)C1. The lowest BCUT2D eigenvalue weighted by molar-refractivity contribution is -0.120. The van der Waals surface area contributed by atoms with E-state index in [9.17, 15) is 4.79 Å². The molecule has 0 aliphatic carbocycles. The van der Waals surface area contributed by atoms with E-state index in [2.05, 4.69) is 53.6 Å². The van der Waals surface area contributed by atoms with Crippen molar-refractivity contribution in [3.05, 3.63) is 42.9 Å². The number of carbonyl (C=O) groups is 1. The Morgan fingerprint density at radius 2 is 1.97 bits per heavy atom. The minimum atomic E-state index is 0.0212. The largest absolute Gasteiger partial charge is 0.376 e. The number of hydrogen-bond donors (Lipinski definition) is 3. The molecule has 2 aromatic heterocycles. The van der Waals surface area contributed by atoms with Crippen molar-refractivity contribution in [1.29, 1.82) is 0 Å². The van der Waals surface area contributed by atoms with Crippen molar-refractivity contribution in [2.24, 2.45) is 0 Å². The minimum absolute atomic E-state index is 0.0212. The quantitative estimate of drug-likeness (QED) is 0.569. The van der Waals surface area contributed by atoms with Crippen LogP contribution in [0.25, 0.3) is 11.0 Å². The normalized spacial score (nSPS) is 19.0. The monoisotopic (exact) mass is 419 g/mol. The third-order valence-corrected chi connectivity index (χ3v) is 6.19. The number of piperidine rings is 1. The fourth-order valence-electron chi connectivity index (χ4n) is 4.65. The van der Waals surface area contributed by atoms with Crippen LogP contribution in [0.3, 0.4) is 0 Å². The summed E-state index contributed by atoms with van der Waals surface area (Å²) in [5, 5.41) is 7.50. The van der Waals surface area contributed by atoms with Gasteiger partial charge in [0.05, 0.1) is 11.9 Å². The Hall–Kier alpha value is -3.29. The molecule has 31 heavy (non-hydrogen) atoms. The summed E-state index contributed by atoms with van der Waals surface area (Å²) in [6.07, 6.45) is 7.99. The molecule has 2 aliphatic heterocycles. The number of carbonyl (C=O) groups excluding carboxylic acids is 1. The van der Waals surface area contributed by atoms with Gasteiger partial charge in [0.2, 0.25) is 5.91 Å². The molecular weight excluding hydrogens is 390 g/mol. The molecule has 2 saturated heterocycles. The van der Waals surface area contributed by atoms with Gasteiger partial charge in [-0.15, -0.1) is 0 Å². The van der Waals surface area contributed by atoms with Gasteiger partial charge in [0.25, 0.3) is 0 Å². The predicted octanol–water partition coefficient (Wildman–Crippen LogP) is 2.76. The molecule has 0 unspecified atom stereocenters. The highest BCUT2D eigenvalue weighted by atomic mass is 16.2. The van der Waals surface area contributed by atoms with Gasteiger partial charge in [-0.2, -0.15) is 0 Å². The Morgan fingerprint density at radius 1 is 1.10 bits per heavy atom. The maximum atomic E-state index is 12.6. The minimum Gasteiger partial charge on any atom is -0.376 e. The molecule has 0 saturated carbocycles. The van der Waals surface area contributed by atoms with Gasteiger partial charge in [0, 0.05) is 49.8 Å². The maximum absolute atomic E-state index is 12.6. The van der Waals surface area contributed by atoms with Crippen LogP contribution in [0.1, 0.15) is 25.7 Å². The molecule has 8 heteroatoms. The van der Waals surface area contributed by atoms with Gasteiger partial charge in [-0.3, -0.25) is 4.79 Å². The lowest BCUT2D eigenvalue weighted by Gasteiger charge is -2.34. The summed E-state index contributed by atoms with van der Waals surface area (Å²) in [4.78, 5) is 29.2. The molecule has 3 N–H and O–H groups in total. The van der Waals surface area contributed by atoms with Crippen molar-refractivity contribution in [2.45, 2.75) is 31.7 Å². The number of aromatic nitrogens is 3. The zero-order chi connectivity index (χ0) is 21.0. The number of H-pyrrole nitrogens is 1. The number of nitrogens with zero attached hydrogens (tertiary/aromatic N) is 4. The molecule has 2 aliphatic rings. The van der Waals surface area contributed by atoms with E-state index in [1.807, 2.05) is 18.3 Å². The summed E-state index contributed by atoms with van der Waals surface area (Å²) in [5.41, 5.74) is 3.06. The lowest BCUT2D eigenvalue weighted by atomic mass is 10.1. The van der Waals surface area contributed by atoms with Gasteiger partial charge in [0.15, 0.2) is 0 Å². The second-order valence-corrected chi connectivity index (χ2v) is 8.39. The van der Waals surface area contributed by atoms with Crippen LogP contribution in [0, 0.1) is 0 Å². The van der Waals surface area contributed by atoms with Crippen molar-refractivity contribution >= 4 is 34.1 Å². The van der Waals surface area contributed by atoms with Crippen LogP contribution in [0.4, 0.5) is 17.2 Å². The number of hydrogen-bond acceptors (Lipinski definition) is 6. The number of fused-ring (bicyclic) bond motifs is 1. The number of amides is 1. The van der Waals surface area contributed by atoms with Crippen LogP contribution in [-0.2, 0) is 4.79 Å². The molecule has 4 heterocycles. The fraction of sp³-hybridized carbons (Fsp3) is 0.435. The van der Waals surface area contributed by atoms with Crippen molar-refractivity contribution < 1.29 is 4.79 Å². The molecule has 0 radical (unpaired) electrons. The Balaban J connectivity index is 1.16. The third kappa shape index (κ3) is 4.42. The van der Waals surface area contributed by atoms with E-state index in [1.165, 1.54) is 18.5 Å². The van der Waals surface area contributed by atoms with Gasteiger partial charge in [-0.1, -0.05) is 6.07 Å². The first-order chi connectivity index (χ1) is 15.3. The van der Waals surface area contributed by atoms with Crippen LogP contribution in [0.5, 0.6) is 0 Å². The highest BCUT2D eigenvalue weighted by molar-refractivity contribution is 5.87. The Kier molecular flexibility index (Phi) is 5.60. The van der Waals surface area contributed by atoms with Crippen LogP contribution in [-0.4, -0.2) is 59.6 Å². The first-order valence-corrected chi connectivity index (χ1v) is 11.2. The maximum Gasteiger partial charge on any atom is 0.239 e. The standard InChI is InChI=1S/C23H29N7O/c31-21(14-25-17-5-3-7-19(13-17)29-10-1-2-11-29)28-18-6-4-12-30(15-18)23-20-8-9-24-22(20)26-16-27-23/h3,5,7-9,13,16,18,25H,1-2,4,6,10-12,14-15H2,(H,28,31)(H,24,26,27)/t18-/m1/s1. The van der Waals surface area contributed by atoms with E-state index in [4.69, 9.17) is 0 Å². The Labute approximate surface area is 182 Å². The van der Waals surface area contributed by atoms with Crippen molar-refractivity contribution in [2.75, 3.05) is 47.8 Å². The average Bonchev–Trinajstić information content (AvgIpc) is 3.50. The van der Waals surface area contributed by atoms with Crippen molar-refractivity contribution in [1.82, 2.24) is 20.3 Å². The van der Waals surface area contributed by atoms with Crippen LogP contribution < -0.4 is 20.4 Å². The summed E-state index contributed by atoms with van der Waals surface area (Å²) >= 11 is 0. The van der Waals surface area contributed by atoms with Crippen molar-refractivity contribution in [3.63, 3.8) is 0 Å². The van der Waals surface area contributed by atoms with Gasteiger partial charge in [-0.25, -0.2) is 9.97 Å². The van der Waals surface area contributed by atoms with E-state index in [0.717, 1.165) is 61.6 Å². The highest BCUT2D eigenvalue weighted by Gasteiger charge is 2.24. The number of nitrogens with one attached hydrogen (secondary N) is 3. The summed E-state index contributed by atoms with van der Waals surface area (Å²) in [7, 11) is 0. The number of anilines is 3. The van der Waals surface area contributed by atoms with Gasteiger partial charge in [0.1, 0.15) is 17.8 Å². The number of rotatable bonds is 6. The van der Waals surface area contributed by atoms with E-state index in [1.54, 1.807) is 6.33 Å². The zero-order valence-corrected chi connectivity index (χ0v) is 17.7. The molecule has 3 aromatic rings. The second kappa shape index (κ2) is 8.83. The zero-order valence-electron chi connectivity index (χ0n) is 17.7. The first-order valence-electron chi connectivity index (χ1n) is 11.2. The second-order valence-electron chi connectivity index (χ2n) is 8.39. The van der Waals surface area contributed by atoms with E-state index in [0.29, 0.717) is 0 Å². The van der Waals surface area contributed by atoms with Gasteiger partial charge < -0.3 is 25.4 Å². The number of aromatic amines is 1. The molecule has 162 valence electrons. The molecule has 1 atom stereocenters. The van der Waals surface area contributed by atoms with Crippen molar-refractivity contribution in [3.8, 4) is 0 Å². The van der Waals surface area contributed by atoms with Gasteiger partial charge >= 0.3 is 0 Å². The average molecular weight is 420 g/mol. The van der Waals surface area contributed by atoms with Gasteiger partial charge in [-0.05, 0) is 49.9 Å². The molecule has 0 bridgehead atoms. The summed E-state index contributed by atoms with van der Waals surface area (Å²) in [6.45, 7) is 4.20. The molecule has 1 amide bonds. The lowest BCUT2D eigenvalue weighted by Crippen LogP contribution is -2.49. The summed E-state index contributed by atoms with van der Waals surface area (Å²) in [6, 6.07) is 10.5.